The molecule has 1 aliphatic rings. The molecule has 1 heteroatoms. The molecule has 0 saturated heterocycles. The normalized spacial score (nSPS) is 15.3. The van der Waals surface area contributed by atoms with E-state index in [1.54, 1.807) is 5.56 Å². The fourth-order valence-electron chi connectivity index (χ4n) is 2.38. The molecule has 0 bridgehead atoms. The summed E-state index contributed by atoms with van der Waals surface area (Å²) in [6.07, 6.45) is 2.58. The van der Waals surface area contributed by atoms with Gasteiger partial charge in [-0.2, -0.15) is 0 Å². The lowest BCUT2D eigenvalue weighted by atomic mass is 9.98. The number of aryl methyl sites for hydroxylation is 2. The highest BCUT2D eigenvalue weighted by Gasteiger charge is 2.12. The number of thioether (sulfide) groups is 1. The Kier molecular flexibility index (Phi) is 2.21. The molecule has 0 amide bonds. The second-order valence-electron chi connectivity index (χ2n) is 4.16. The molecule has 0 aliphatic carbocycles. The Morgan fingerprint density at radius 2 is 2.00 bits per heavy atom. The van der Waals surface area contributed by atoms with Crippen molar-refractivity contribution in [1.29, 1.82) is 0 Å². The first-order valence-corrected chi connectivity index (χ1v) is 6.49. The van der Waals surface area contributed by atoms with Crippen LogP contribution < -0.4 is 0 Å². The van der Waals surface area contributed by atoms with Gasteiger partial charge in [0, 0.05) is 4.90 Å². The van der Waals surface area contributed by atoms with Gasteiger partial charge in [0.15, 0.2) is 0 Å². The van der Waals surface area contributed by atoms with Gasteiger partial charge in [0.1, 0.15) is 0 Å². The molecule has 2 aromatic carbocycles. The Morgan fingerprint density at radius 3 is 2.93 bits per heavy atom. The molecule has 0 radical (unpaired) electrons. The molecule has 0 N–H and O–H groups in total. The molecular weight excluding hydrogens is 200 g/mol. The van der Waals surface area contributed by atoms with Crippen LogP contribution in [0.3, 0.4) is 0 Å². The molecule has 0 aromatic heterocycles. The van der Waals surface area contributed by atoms with Gasteiger partial charge in [-0.15, -0.1) is 11.8 Å². The highest BCUT2D eigenvalue weighted by molar-refractivity contribution is 7.99. The monoisotopic (exact) mass is 214 g/mol. The summed E-state index contributed by atoms with van der Waals surface area (Å²) < 4.78 is 0. The van der Waals surface area contributed by atoms with Gasteiger partial charge in [0.2, 0.25) is 0 Å². The van der Waals surface area contributed by atoms with Crippen molar-refractivity contribution >= 4 is 22.5 Å². The van der Waals surface area contributed by atoms with Gasteiger partial charge in [-0.1, -0.05) is 24.3 Å². The van der Waals surface area contributed by atoms with Crippen molar-refractivity contribution in [2.24, 2.45) is 0 Å². The van der Waals surface area contributed by atoms with Crippen LogP contribution in [0.15, 0.2) is 35.2 Å². The molecule has 0 nitrogen and oxygen atoms in total. The zero-order valence-electron chi connectivity index (χ0n) is 8.92. The van der Waals surface area contributed by atoms with Gasteiger partial charge in [-0.25, -0.2) is 0 Å². The highest BCUT2D eigenvalue weighted by atomic mass is 32.2. The molecule has 0 fully saturated rings. The van der Waals surface area contributed by atoms with Crippen LogP contribution in [0.25, 0.3) is 10.8 Å². The van der Waals surface area contributed by atoms with E-state index in [2.05, 4.69) is 37.3 Å². The predicted octanol–water partition coefficient (Wildman–Crippen LogP) is 4.19. The average Bonchev–Trinajstić information content (AvgIpc) is 2.29. The largest absolute Gasteiger partial charge is 0.126 e. The molecular formula is C14H14S. The van der Waals surface area contributed by atoms with Crippen LogP contribution in [0.1, 0.15) is 17.5 Å². The topological polar surface area (TPSA) is 0 Å². The SMILES string of the molecule is Cc1cccc2c3c(ccc12)SCCC3. The maximum Gasteiger partial charge on any atom is 0.0110 e. The minimum atomic E-state index is 1.25. The molecule has 76 valence electrons. The van der Waals surface area contributed by atoms with E-state index in [1.807, 2.05) is 11.8 Å². The smallest absolute Gasteiger partial charge is 0.0110 e. The van der Waals surface area contributed by atoms with Crippen molar-refractivity contribution in [2.75, 3.05) is 5.75 Å². The van der Waals surface area contributed by atoms with Crippen LogP contribution in [-0.4, -0.2) is 5.75 Å². The third-order valence-corrected chi connectivity index (χ3v) is 4.36. The molecule has 0 atom stereocenters. The summed E-state index contributed by atoms with van der Waals surface area (Å²) in [6, 6.07) is 11.2. The van der Waals surface area contributed by atoms with E-state index in [-0.39, 0.29) is 0 Å². The van der Waals surface area contributed by atoms with Crippen molar-refractivity contribution in [2.45, 2.75) is 24.7 Å². The first kappa shape index (κ1) is 9.29. The molecule has 0 spiro atoms. The summed E-state index contributed by atoms with van der Waals surface area (Å²) in [5.41, 5.74) is 2.97. The Bertz CT molecular complexity index is 514. The number of hydrogen-bond donors (Lipinski definition) is 0. The molecule has 2 aromatic rings. The standard InChI is InChI=1S/C14H14S/c1-10-4-2-5-12-11(10)7-8-14-13(12)6-3-9-15-14/h2,4-5,7-8H,3,6,9H2,1H3. The van der Waals surface area contributed by atoms with Crippen molar-refractivity contribution in [1.82, 2.24) is 0 Å². The van der Waals surface area contributed by atoms with Crippen molar-refractivity contribution in [3.63, 3.8) is 0 Å². The quantitative estimate of drug-likeness (QED) is 0.633. The average molecular weight is 214 g/mol. The Labute approximate surface area is 94.7 Å². The lowest BCUT2D eigenvalue weighted by Gasteiger charge is -2.17. The molecule has 0 saturated carbocycles. The van der Waals surface area contributed by atoms with Crippen molar-refractivity contribution < 1.29 is 0 Å². The van der Waals surface area contributed by atoms with Crippen LogP contribution in [-0.2, 0) is 6.42 Å². The molecule has 15 heavy (non-hydrogen) atoms. The second kappa shape index (κ2) is 3.57. The third-order valence-electron chi connectivity index (χ3n) is 3.18. The summed E-state index contributed by atoms with van der Waals surface area (Å²) in [4.78, 5) is 1.50. The van der Waals surface area contributed by atoms with E-state index in [0.717, 1.165) is 0 Å². The zero-order valence-corrected chi connectivity index (χ0v) is 9.73. The summed E-state index contributed by atoms with van der Waals surface area (Å²) in [5, 5.41) is 2.90. The van der Waals surface area contributed by atoms with Crippen LogP contribution in [0.5, 0.6) is 0 Å². The number of benzene rings is 2. The highest BCUT2D eigenvalue weighted by Crippen LogP contribution is 2.35. The van der Waals surface area contributed by atoms with E-state index >= 15 is 0 Å². The lowest BCUT2D eigenvalue weighted by Crippen LogP contribution is -1.99. The van der Waals surface area contributed by atoms with Crippen LogP contribution in [0, 0.1) is 6.92 Å². The lowest BCUT2D eigenvalue weighted by molar-refractivity contribution is 0.900. The van der Waals surface area contributed by atoms with Gasteiger partial charge in [0.05, 0.1) is 0 Å². The van der Waals surface area contributed by atoms with Crippen molar-refractivity contribution in [3.8, 4) is 0 Å². The summed E-state index contributed by atoms with van der Waals surface area (Å²) >= 11 is 2.01. The van der Waals surface area contributed by atoms with Gasteiger partial charge in [-0.05, 0) is 53.5 Å². The number of rotatable bonds is 0. The van der Waals surface area contributed by atoms with E-state index in [4.69, 9.17) is 0 Å². The Morgan fingerprint density at radius 1 is 1.07 bits per heavy atom. The van der Waals surface area contributed by atoms with E-state index in [0.29, 0.717) is 0 Å². The van der Waals surface area contributed by atoms with Crippen LogP contribution in [0.2, 0.25) is 0 Å². The zero-order chi connectivity index (χ0) is 10.3. The minimum Gasteiger partial charge on any atom is -0.126 e. The molecule has 1 aliphatic heterocycles. The Hall–Kier alpha value is -0.950. The molecule has 3 rings (SSSR count). The van der Waals surface area contributed by atoms with Gasteiger partial charge in [-0.3, -0.25) is 0 Å². The molecule has 0 unspecified atom stereocenters. The maximum absolute atomic E-state index is 2.30. The number of hydrogen-bond acceptors (Lipinski definition) is 1. The van der Waals surface area contributed by atoms with E-state index in [9.17, 15) is 0 Å². The third kappa shape index (κ3) is 1.46. The predicted molar refractivity (Wildman–Crippen MR) is 67.7 cm³/mol. The van der Waals surface area contributed by atoms with Gasteiger partial charge in [0.25, 0.3) is 0 Å². The van der Waals surface area contributed by atoms with Gasteiger partial charge < -0.3 is 0 Å². The fraction of sp³-hybridized carbons (Fsp3) is 0.286. The van der Waals surface area contributed by atoms with Crippen LogP contribution in [0.4, 0.5) is 0 Å². The first-order valence-electron chi connectivity index (χ1n) is 5.50. The first-order chi connectivity index (χ1) is 7.36. The minimum absolute atomic E-state index is 1.25. The van der Waals surface area contributed by atoms with Crippen LogP contribution >= 0.6 is 11.8 Å². The Balaban J connectivity index is 2.36. The van der Waals surface area contributed by atoms with E-state index < -0.39 is 0 Å². The van der Waals surface area contributed by atoms with Crippen molar-refractivity contribution in [3.05, 3.63) is 41.5 Å². The summed E-state index contributed by atoms with van der Waals surface area (Å²) in [7, 11) is 0. The summed E-state index contributed by atoms with van der Waals surface area (Å²) in [5.74, 6) is 1.28. The molecule has 1 heterocycles. The summed E-state index contributed by atoms with van der Waals surface area (Å²) in [6.45, 7) is 2.20. The van der Waals surface area contributed by atoms with E-state index in [1.165, 1.54) is 39.8 Å². The second-order valence-corrected chi connectivity index (χ2v) is 5.30. The van der Waals surface area contributed by atoms with Gasteiger partial charge >= 0.3 is 0 Å². The maximum atomic E-state index is 2.30. The fourth-order valence-corrected chi connectivity index (χ4v) is 3.44. The number of fused-ring (bicyclic) bond motifs is 3.